The summed E-state index contributed by atoms with van der Waals surface area (Å²) in [5, 5.41) is 0. The van der Waals surface area contributed by atoms with Gasteiger partial charge in [-0.05, 0) is 0 Å². The number of hydrogen-bond acceptors (Lipinski definition) is 0. The second-order valence-corrected chi connectivity index (χ2v) is 0. The molecule has 24 valence electrons. The molecule has 0 aliphatic carbocycles. The van der Waals surface area contributed by atoms with E-state index in [0.29, 0.717) is 0 Å². The molecule has 0 nitrogen and oxygen atoms in total. The van der Waals surface area contributed by atoms with Crippen LogP contribution in [-0.4, -0.2) is 142 Å². The third kappa shape index (κ3) is 32.6. The minimum absolute atomic E-state index is 0. The molecule has 0 saturated heterocycles. The molecule has 0 saturated carbocycles. The zero-order valence-electron chi connectivity index (χ0n) is 4.88. The van der Waals surface area contributed by atoms with Crippen LogP contribution in [0.1, 0.15) is 0 Å². The van der Waals surface area contributed by atoms with E-state index < -0.39 is 0 Å². The van der Waals surface area contributed by atoms with Gasteiger partial charge in [-0.25, -0.2) is 0 Å². The van der Waals surface area contributed by atoms with E-state index in [1.54, 1.807) is 0 Å². The maximum Gasteiger partial charge on any atom is 0 e. The molecule has 0 aromatic rings. The van der Waals surface area contributed by atoms with Gasteiger partial charge in [-0.15, -0.1) is 24.0 Å². The minimum Gasteiger partial charge on any atom is -0.107 e. The first-order chi connectivity index (χ1) is 0. The van der Waals surface area contributed by atoms with Crippen LogP contribution < -0.4 is 0 Å². The minimum atomic E-state index is 0. The van der Waals surface area contributed by atoms with E-state index in [1.807, 2.05) is 0 Å². The molecule has 0 heterocycles. The molecule has 0 spiro atoms. The third-order valence-electron chi connectivity index (χ3n) is 0. The predicted octanol–water partition coefficient (Wildman–Crippen LogP) is -0.910. The van der Waals surface area contributed by atoms with Gasteiger partial charge in [-0.1, -0.05) is 0 Å². The molecule has 0 aliphatic rings. The fourth-order valence-electron chi connectivity index (χ4n) is 0. The van der Waals surface area contributed by atoms with Crippen LogP contribution in [0.25, 0.3) is 0 Å². The monoisotopic (exact) mass is 374 g/mol. The fraction of sp³-hybridized carbons (Fsp3) is 0. The van der Waals surface area contributed by atoms with E-state index in [4.69, 9.17) is 0 Å². The van der Waals surface area contributed by atoms with Crippen molar-refractivity contribution in [3.63, 3.8) is 0 Å². The van der Waals surface area contributed by atoms with Gasteiger partial charge >= 0.3 is 0 Å². The Hall–Kier alpha value is 6.54. The third-order valence-corrected chi connectivity index (χ3v) is 0. The molecular formula is HCaFeIKMgNaZn. The van der Waals surface area contributed by atoms with E-state index in [1.165, 1.54) is 0 Å². The SMILES string of the molecule is I.[Ca].[Fe].[K].[Mg].[Na].[Zn]. The van der Waals surface area contributed by atoms with Crippen molar-refractivity contribution >= 4 is 166 Å². The van der Waals surface area contributed by atoms with Crippen molar-refractivity contribution in [2.75, 3.05) is 0 Å². The maximum absolute atomic E-state index is 0. The van der Waals surface area contributed by atoms with Crippen molar-refractivity contribution < 1.29 is 36.5 Å². The zero-order valence-corrected chi connectivity index (χ0v) is 20.0. The van der Waals surface area contributed by atoms with Gasteiger partial charge in [0.1, 0.15) is 0 Å². The fourth-order valence-corrected chi connectivity index (χ4v) is 0. The maximum atomic E-state index is 0. The Morgan fingerprint density at radius 3 is 1.00 bits per heavy atom. The molecule has 6 radical (unpaired) electrons. The summed E-state index contributed by atoms with van der Waals surface area (Å²) in [5.41, 5.74) is 0. The Labute approximate surface area is 196 Å². The van der Waals surface area contributed by atoms with E-state index in [-0.39, 0.29) is 202 Å². The average Bonchev–Trinajstić information content (AvgIpc) is 0. The van der Waals surface area contributed by atoms with Crippen molar-refractivity contribution in [2.24, 2.45) is 0 Å². The summed E-state index contributed by atoms with van der Waals surface area (Å²) in [5.74, 6) is 0. The summed E-state index contributed by atoms with van der Waals surface area (Å²) < 4.78 is 0. The van der Waals surface area contributed by atoms with Crippen LogP contribution >= 0.6 is 24.0 Å². The van der Waals surface area contributed by atoms with Crippen LogP contribution in [-0.2, 0) is 36.5 Å². The molecule has 0 aromatic heterocycles. The normalized spacial score (nSPS) is 0. The van der Waals surface area contributed by atoms with Crippen molar-refractivity contribution in [3.05, 3.63) is 0 Å². The molecule has 0 atom stereocenters. The van der Waals surface area contributed by atoms with E-state index in [2.05, 4.69) is 0 Å². The quantitative estimate of drug-likeness (QED) is 0.380. The number of hydrogen-bond donors (Lipinski definition) is 0. The van der Waals surface area contributed by atoms with Crippen molar-refractivity contribution in [3.8, 4) is 0 Å². The van der Waals surface area contributed by atoms with Crippen LogP contribution in [0, 0.1) is 0 Å². The number of rotatable bonds is 0. The first-order valence-corrected chi connectivity index (χ1v) is 0. The largest absolute Gasteiger partial charge is 0.107 e. The van der Waals surface area contributed by atoms with Crippen LogP contribution in [0.4, 0.5) is 0 Å². The summed E-state index contributed by atoms with van der Waals surface area (Å²) in [6.45, 7) is 0. The standard InChI is InChI=1S/Ca.Fe.HI.K.Mg.Na.Zn/h;;1H;;;;. The molecule has 0 unspecified atom stereocenters. The Morgan fingerprint density at radius 2 is 1.00 bits per heavy atom. The van der Waals surface area contributed by atoms with Crippen molar-refractivity contribution in [2.45, 2.75) is 0 Å². The van der Waals surface area contributed by atoms with Gasteiger partial charge in [0.15, 0.2) is 0 Å². The van der Waals surface area contributed by atoms with Crippen LogP contribution in [0.5, 0.6) is 0 Å². The Morgan fingerprint density at radius 1 is 1.00 bits per heavy atom. The first kappa shape index (κ1) is 49.8. The number of halogens is 1. The summed E-state index contributed by atoms with van der Waals surface area (Å²) >= 11 is 0. The smallest absolute Gasteiger partial charge is 0 e. The van der Waals surface area contributed by atoms with Gasteiger partial charge in [-0.3, -0.25) is 0 Å². The van der Waals surface area contributed by atoms with Crippen molar-refractivity contribution in [1.29, 1.82) is 0 Å². The van der Waals surface area contributed by atoms with E-state index in [9.17, 15) is 0 Å². The predicted molar refractivity (Wildman–Crippen MR) is 38.4 cm³/mol. The molecule has 0 rings (SSSR count). The van der Waals surface area contributed by atoms with Gasteiger partial charge < -0.3 is 0 Å². The van der Waals surface area contributed by atoms with E-state index in [0.717, 1.165) is 0 Å². The molecule has 0 bridgehead atoms. The van der Waals surface area contributed by atoms with Gasteiger partial charge in [0, 0.05) is 178 Å². The molecular weight excluding hydrogens is 375 g/mol. The van der Waals surface area contributed by atoms with Gasteiger partial charge in [0.05, 0.1) is 0 Å². The molecule has 7 heavy (non-hydrogen) atoms. The van der Waals surface area contributed by atoms with Crippen LogP contribution in [0.15, 0.2) is 0 Å². The summed E-state index contributed by atoms with van der Waals surface area (Å²) in [6, 6.07) is 0. The zero-order chi connectivity index (χ0) is 0. The summed E-state index contributed by atoms with van der Waals surface area (Å²) in [7, 11) is 0. The summed E-state index contributed by atoms with van der Waals surface area (Å²) in [6.07, 6.45) is 0. The molecule has 0 amide bonds. The van der Waals surface area contributed by atoms with E-state index >= 15 is 0 Å². The molecule has 0 N–H and O–H groups in total. The van der Waals surface area contributed by atoms with Crippen LogP contribution in [0.2, 0.25) is 0 Å². The topological polar surface area (TPSA) is 0 Å². The van der Waals surface area contributed by atoms with Gasteiger partial charge in [0.25, 0.3) is 0 Å². The molecule has 7 heteroatoms. The van der Waals surface area contributed by atoms with Crippen molar-refractivity contribution in [1.82, 2.24) is 0 Å². The van der Waals surface area contributed by atoms with Crippen LogP contribution in [0.3, 0.4) is 0 Å². The van der Waals surface area contributed by atoms with Gasteiger partial charge in [0.2, 0.25) is 0 Å². The second-order valence-electron chi connectivity index (χ2n) is 0. The summed E-state index contributed by atoms with van der Waals surface area (Å²) in [4.78, 5) is 0. The second kappa shape index (κ2) is 39.1. The average molecular weight is 376 g/mol. The molecule has 0 aromatic carbocycles. The Balaban J connectivity index is 0. The first-order valence-electron chi connectivity index (χ1n) is 0. The Kier molecular flexibility index (Phi) is 278. The van der Waals surface area contributed by atoms with Gasteiger partial charge in [-0.2, -0.15) is 0 Å². The molecule has 0 aliphatic heterocycles. The molecule has 0 fully saturated rings. The Bertz CT molecular complexity index is 19.7.